The van der Waals surface area contributed by atoms with Gasteiger partial charge in [-0.05, 0) is 24.1 Å². The molecule has 2 aromatic rings. The Labute approximate surface area is 113 Å². The number of nitrogens with zero attached hydrogens (tertiary/aromatic N) is 2. The third-order valence-corrected chi connectivity index (χ3v) is 3.02. The predicted octanol–water partition coefficient (Wildman–Crippen LogP) is 3.33. The summed E-state index contributed by atoms with van der Waals surface area (Å²) in [6, 6.07) is 6.39. The molecule has 0 fully saturated rings. The van der Waals surface area contributed by atoms with Crippen molar-refractivity contribution in [1.82, 2.24) is 15.1 Å². The van der Waals surface area contributed by atoms with Crippen LogP contribution in [0.4, 0.5) is 0 Å². The largest absolute Gasteiger partial charge is 0.310 e. The number of para-hydroxylation sites is 1. The molecule has 4 heteroatoms. The molecule has 2 rings (SSSR count). The first-order valence-electron chi connectivity index (χ1n) is 6.10. The lowest BCUT2D eigenvalue weighted by Crippen LogP contribution is -2.22. The standard InChI is InChI=1S/C14H18ClN3/c1-10(2)16-8-12-5-4-6-13(15)14(12)18-9-11(3)7-17-18/h4-7,9-10,16H,8H2,1-3H3. The van der Waals surface area contributed by atoms with Crippen LogP contribution in [0.3, 0.4) is 0 Å². The smallest absolute Gasteiger partial charge is 0.0876 e. The Morgan fingerprint density at radius 1 is 1.39 bits per heavy atom. The topological polar surface area (TPSA) is 29.9 Å². The molecule has 1 aromatic heterocycles. The van der Waals surface area contributed by atoms with Crippen LogP contribution in [0.2, 0.25) is 5.02 Å². The van der Waals surface area contributed by atoms with E-state index in [0.717, 1.165) is 28.4 Å². The maximum Gasteiger partial charge on any atom is 0.0876 e. The summed E-state index contributed by atoms with van der Waals surface area (Å²) in [5.74, 6) is 0. The molecule has 0 amide bonds. The maximum absolute atomic E-state index is 6.30. The molecule has 0 saturated heterocycles. The van der Waals surface area contributed by atoms with E-state index >= 15 is 0 Å². The van der Waals surface area contributed by atoms with Crippen molar-refractivity contribution in [3.05, 3.63) is 46.7 Å². The van der Waals surface area contributed by atoms with E-state index < -0.39 is 0 Å². The predicted molar refractivity (Wildman–Crippen MR) is 75.3 cm³/mol. The Morgan fingerprint density at radius 2 is 2.17 bits per heavy atom. The average Bonchev–Trinajstić information content (AvgIpc) is 2.72. The molecule has 0 radical (unpaired) electrons. The first-order valence-corrected chi connectivity index (χ1v) is 6.48. The van der Waals surface area contributed by atoms with Gasteiger partial charge in [0.25, 0.3) is 0 Å². The molecule has 0 aliphatic heterocycles. The highest BCUT2D eigenvalue weighted by Gasteiger charge is 2.10. The summed E-state index contributed by atoms with van der Waals surface area (Å²) in [6.45, 7) is 7.06. The van der Waals surface area contributed by atoms with E-state index in [-0.39, 0.29) is 0 Å². The fourth-order valence-corrected chi connectivity index (χ4v) is 2.09. The summed E-state index contributed by atoms with van der Waals surface area (Å²) in [4.78, 5) is 0. The average molecular weight is 264 g/mol. The number of benzene rings is 1. The van der Waals surface area contributed by atoms with E-state index in [1.165, 1.54) is 0 Å². The highest BCUT2D eigenvalue weighted by molar-refractivity contribution is 6.32. The third-order valence-electron chi connectivity index (χ3n) is 2.71. The fourth-order valence-electron chi connectivity index (χ4n) is 1.81. The number of aryl methyl sites for hydroxylation is 1. The monoisotopic (exact) mass is 263 g/mol. The molecular weight excluding hydrogens is 246 g/mol. The Hall–Kier alpha value is -1.32. The fraction of sp³-hybridized carbons (Fsp3) is 0.357. The van der Waals surface area contributed by atoms with Crippen LogP contribution in [0, 0.1) is 6.92 Å². The van der Waals surface area contributed by atoms with E-state index in [4.69, 9.17) is 11.6 Å². The zero-order valence-electron chi connectivity index (χ0n) is 10.9. The molecule has 0 unspecified atom stereocenters. The van der Waals surface area contributed by atoms with Crippen LogP contribution in [0.1, 0.15) is 25.0 Å². The quantitative estimate of drug-likeness (QED) is 0.917. The third kappa shape index (κ3) is 2.92. The summed E-state index contributed by atoms with van der Waals surface area (Å²) >= 11 is 6.30. The molecule has 1 N–H and O–H groups in total. The second-order valence-corrected chi connectivity index (χ2v) is 5.15. The van der Waals surface area contributed by atoms with Gasteiger partial charge in [-0.1, -0.05) is 37.6 Å². The lowest BCUT2D eigenvalue weighted by Gasteiger charge is -2.14. The number of halogens is 1. The Kier molecular flexibility index (Phi) is 4.04. The number of hydrogen-bond acceptors (Lipinski definition) is 2. The Bertz CT molecular complexity index is 532. The van der Waals surface area contributed by atoms with Crippen LogP contribution >= 0.6 is 11.6 Å². The molecule has 3 nitrogen and oxygen atoms in total. The van der Waals surface area contributed by atoms with Crippen molar-refractivity contribution in [3.8, 4) is 5.69 Å². The summed E-state index contributed by atoms with van der Waals surface area (Å²) < 4.78 is 1.84. The van der Waals surface area contributed by atoms with Crippen LogP contribution < -0.4 is 5.32 Å². The second kappa shape index (κ2) is 5.55. The molecule has 0 aliphatic carbocycles. The Morgan fingerprint density at radius 3 is 2.78 bits per heavy atom. The van der Waals surface area contributed by atoms with Crippen molar-refractivity contribution in [2.45, 2.75) is 33.4 Å². The molecule has 1 aromatic carbocycles. The van der Waals surface area contributed by atoms with Gasteiger partial charge >= 0.3 is 0 Å². The second-order valence-electron chi connectivity index (χ2n) is 4.75. The number of aromatic nitrogens is 2. The minimum absolute atomic E-state index is 0.441. The van der Waals surface area contributed by atoms with Crippen LogP contribution in [0.25, 0.3) is 5.69 Å². The summed E-state index contributed by atoms with van der Waals surface area (Å²) in [5, 5.41) is 8.47. The van der Waals surface area contributed by atoms with Gasteiger partial charge in [0.05, 0.1) is 16.9 Å². The highest BCUT2D eigenvalue weighted by Crippen LogP contribution is 2.24. The van der Waals surface area contributed by atoms with Gasteiger partial charge < -0.3 is 5.32 Å². The molecular formula is C14H18ClN3. The van der Waals surface area contributed by atoms with Crippen molar-refractivity contribution < 1.29 is 0 Å². The molecule has 0 atom stereocenters. The minimum Gasteiger partial charge on any atom is -0.310 e. The van der Waals surface area contributed by atoms with Gasteiger partial charge in [0.1, 0.15) is 0 Å². The van der Waals surface area contributed by atoms with Crippen LogP contribution in [0.5, 0.6) is 0 Å². The SMILES string of the molecule is Cc1cnn(-c2c(Cl)cccc2CNC(C)C)c1. The van der Waals surface area contributed by atoms with Crippen LogP contribution in [-0.2, 0) is 6.54 Å². The van der Waals surface area contributed by atoms with Crippen molar-refractivity contribution in [2.24, 2.45) is 0 Å². The molecule has 1 heterocycles. The lowest BCUT2D eigenvalue weighted by molar-refractivity contribution is 0.586. The number of nitrogens with one attached hydrogen (secondary N) is 1. The minimum atomic E-state index is 0.441. The summed E-state index contributed by atoms with van der Waals surface area (Å²) in [7, 11) is 0. The Balaban J connectivity index is 2.38. The zero-order valence-corrected chi connectivity index (χ0v) is 11.7. The van der Waals surface area contributed by atoms with Crippen molar-refractivity contribution in [3.63, 3.8) is 0 Å². The molecule has 18 heavy (non-hydrogen) atoms. The van der Waals surface area contributed by atoms with Gasteiger partial charge in [-0.25, -0.2) is 4.68 Å². The van der Waals surface area contributed by atoms with Gasteiger partial charge in [0, 0.05) is 18.8 Å². The van der Waals surface area contributed by atoms with Crippen LogP contribution in [0.15, 0.2) is 30.6 Å². The van der Waals surface area contributed by atoms with Gasteiger partial charge in [-0.15, -0.1) is 0 Å². The van der Waals surface area contributed by atoms with Crippen molar-refractivity contribution in [2.75, 3.05) is 0 Å². The van der Waals surface area contributed by atoms with E-state index in [2.05, 4.69) is 30.3 Å². The van der Waals surface area contributed by atoms with E-state index in [9.17, 15) is 0 Å². The van der Waals surface area contributed by atoms with Crippen molar-refractivity contribution >= 4 is 11.6 Å². The molecule has 96 valence electrons. The van der Waals surface area contributed by atoms with Crippen LogP contribution in [-0.4, -0.2) is 15.8 Å². The van der Waals surface area contributed by atoms with E-state index in [0.29, 0.717) is 6.04 Å². The molecule has 0 aliphatic rings. The van der Waals surface area contributed by atoms with E-state index in [1.54, 1.807) is 0 Å². The number of rotatable bonds is 4. The molecule has 0 saturated carbocycles. The van der Waals surface area contributed by atoms with Gasteiger partial charge in [-0.3, -0.25) is 0 Å². The lowest BCUT2D eigenvalue weighted by atomic mass is 10.1. The van der Waals surface area contributed by atoms with Gasteiger partial charge in [-0.2, -0.15) is 5.10 Å². The zero-order chi connectivity index (χ0) is 13.1. The van der Waals surface area contributed by atoms with Gasteiger partial charge in [0.15, 0.2) is 0 Å². The van der Waals surface area contributed by atoms with Crippen molar-refractivity contribution in [1.29, 1.82) is 0 Å². The molecule has 0 bridgehead atoms. The molecule has 0 spiro atoms. The summed E-state index contributed by atoms with van der Waals surface area (Å²) in [5.41, 5.74) is 3.23. The first-order chi connectivity index (χ1) is 8.58. The maximum atomic E-state index is 6.30. The number of hydrogen-bond donors (Lipinski definition) is 1. The normalized spacial score (nSPS) is 11.2. The van der Waals surface area contributed by atoms with Gasteiger partial charge in [0.2, 0.25) is 0 Å². The highest BCUT2D eigenvalue weighted by atomic mass is 35.5. The first kappa shape index (κ1) is 13.1. The summed E-state index contributed by atoms with van der Waals surface area (Å²) in [6.07, 6.45) is 3.82. The van der Waals surface area contributed by atoms with E-state index in [1.807, 2.05) is 36.1 Å².